The van der Waals surface area contributed by atoms with Crippen LogP contribution in [0.1, 0.15) is 67.8 Å². The molecule has 5 N–H and O–H groups in total. The minimum atomic E-state index is -0.486. The van der Waals surface area contributed by atoms with E-state index in [4.69, 9.17) is 5.73 Å². The number of hydrazine groups is 1. The van der Waals surface area contributed by atoms with E-state index in [1.54, 1.807) is 6.07 Å². The van der Waals surface area contributed by atoms with Gasteiger partial charge in [0.2, 0.25) is 5.91 Å². The summed E-state index contributed by atoms with van der Waals surface area (Å²) < 4.78 is 14.2. The van der Waals surface area contributed by atoms with Gasteiger partial charge >= 0.3 is 0 Å². The van der Waals surface area contributed by atoms with E-state index >= 15 is 0 Å². The Labute approximate surface area is 201 Å². The van der Waals surface area contributed by atoms with E-state index in [1.165, 1.54) is 11.6 Å². The maximum atomic E-state index is 14.2. The summed E-state index contributed by atoms with van der Waals surface area (Å²) in [6.45, 7) is 2.01. The molecule has 1 amide bonds. The van der Waals surface area contributed by atoms with Crippen LogP contribution >= 0.6 is 0 Å². The van der Waals surface area contributed by atoms with Crippen LogP contribution in [0, 0.1) is 24.6 Å². The van der Waals surface area contributed by atoms with Crippen LogP contribution in [0.4, 0.5) is 4.39 Å². The lowest BCUT2D eigenvalue weighted by Gasteiger charge is -2.39. The normalized spacial score (nSPS) is 33.3. The Kier molecular flexibility index (Phi) is 6.69. The molecule has 7 heteroatoms. The molecule has 1 aromatic heterocycles. The zero-order valence-electron chi connectivity index (χ0n) is 19.9. The minimum absolute atomic E-state index is 0.00838. The summed E-state index contributed by atoms with van der Waals surface area (Å²) in [4.78, 5) is 17.6. The van der Waals surface area contributed by atoms with E-state index in [0.717, 1.165) is 44.2 Å². The molecule has 1 aromatic carbocycles. The second-order valence-corrected chi connectivity index (χ2v) is 10.7. The standard InChI is InChI=1S/C27H36FN5O/c1-17-13-18(10-12-30-17)25-22-14-19(8-9-24(22)32-33-25)26(34)31-21-6-4-11-27(29,16-21)15-20-5-2-3-7-23(20)28/h2-3,5,7,10,12-13,19,21-22,24-25,32-33H,4,6,8-9,11,14-16,29H2,1H3,(H,31,34). The van der Waals surface area contributed by atoms with Crippen LogP contribution in [0.3, 0.4) is 0 Å². The van der Waals surface area contributed by atoms with E-state index in [0.29, 0.717) is 30.4 Å². The first-order valence-electron chi connectivity index (χ1n) is 12.7. The van der Waals surface area contributed by atoms with Gasteiger partial charge < -0.3 is 11.1 Å². The third-order valence-electron chi connectivity index (χ3n) is 8.13. The number of hydrogen-bond donors (Lipinski definition) is 4. The van der Waals surface area contributed by atoms with Crippen molar-refractivity contribution in [3.05, 3.63) is 65.2 Å². The number of pyridine rings is 1. The SMILES string of the molecule is Cc1cc(C2NNC3CCC(C(=O)NC4CCCC(N)(Cc5ccccc5F)C4)CC32)ccn1. The van der Waals surface area contributed by atoms with Crippen molar-refractivity contribution in [1.29, 1.82) is 0 Å². The lowest BCUT2D eigenvalue weighted by Crippen LogP contribution is -2.53. The fourth-order valence-corrected chi connectivity index (χ4v) is 6.41. The number of nitrogens with one attached hydrogen (secondary N) is 3. The third kappa shape index (κ3) is 5.02. The van der Waals surface area contributed by atoms with Crippen LogP contribution in [0.15, 0.2) is 42.6 Å². The summed E-state index contributed by atoms with van der Waals surface area (Å²) >= 11 is 0. The van der Waals surface area contributed by atoms with E-state index in [1.807, 2.05) is 25.3 Å². The fraction of sp³-hybridized carbons (Fsp3) is 0.556. The number of amides is 1. The molecule has 2 aromatic rings. The Morgan fingerprint density at radius 2 is 2.09 bits per heavy atom. The van der Waals surface area contributed by atoms with E-state index < -0.39 is 5.54 Å². The van der Waals surface area contributed by atoms with Crippen molar-refractivity contribution < 1.29 is 9.18 Å². The molecule has 6 nitrogen and oxygen atoms in total. The van der Waals surface area contributed by atoms with Crippen molar-refractivity contribution in [2.24, 2.45) is 17.6 Å². The smallest absolute Gasteiger partial charge is 0.223 e. The van der Waals surface area contributed by atoms with Gasteiger partial charge in [-0.2, -0.15) is 0 Å². The summed E-state index contributed by atoms with van der Waals surface area (Å²) in [7, 11) is 0. The highest BCUT2D eigenvalue weighted by atomic mass is 19.1. The molecule has 182 valence electrons. The Morgan fingerprint density at radius 1 is 1.24 bits per heavy atom. The van der Waals surface area contributed by atoms with Crippen LogP contribution in [0.2, 0.25) is 0 Å². The van der Waals surface area contributed by atoms with Gasteiger partial charge in [-0.05, 0) is 93.5 Å². The van der Waals surface area contributed by atoms with Gasteiger partial charge in [0.1, 0.15) is 5.82 Å². The Bertz CT molecular complexity index is 1030. The molecule has 3 aliphatic rings. The molecule has 6 unspecified atom stereocenters. The predicted molar refractivity (Wildman–Crippen MR) is 130 cm³/mol. The molecule has 3 fully saturated rings. The molecule has 5 rings (SSSR count). The summed E-state index contributed by atoms with van der Waals surface area (Å²) in [5.74, 6) is 0.324. The molecule has 2 heterocycles. The number of carbonyl (C=O) groups excluding carboxylic acids is 1. The maximum absolute atomic E-state index is 14.2. The Balaban J connectivity index is 1.21. The first-order valence-corrected chi connectivity index (χ1v) is 12.7. The van der Waals surface area contributed by atoms with Gasteiger partial charge in [0.15, 0.2) is 0 Å². The predicted octanol–water partition coefficient (Wildman–Crippen LogP) is 3.46. The van der Waals surface area contributed by atoms with E-state index in [-0.39, 0.29) is 29.7 Å². The van der Waals surface area contributed by atoms with Gasteiger partial charge in [-0.15, -0.1) is 0 Å². The number of halogens is 1. The largest absolute Gasteiger partial charge is 0.353 e. The van der Waals surface area contributed by atoms with Crippen LogP contribution in [-0.2, 0) is 11.2 Å². The maximum Gasteiger partial charge on any atom is 0.223 e. The lowest BCUT2D eigenvalue weighted by molar-refractivity contribution is -0.127. The number of benzene rings is 1. The van der Waals surface area contributed by atoms with Crippen LogP contribution in [0.5, 0.6) is 0 Å². The second-order valence-electron chi connectivity index (χ2n) is 10.7. The number of hydrogen-bond acceptors (Lipinski definition) is 5. The van der Waals surface area contributed by atoms with Crippen LogP contribution in [0.25, 0.3) is 0 Å². The van der Waals surface area contributed by atoms with E-state index in [2.05, 4.69) is 33.3 Å². The Morgan fingerprint density at radius 3 is 2.91 bits per heavy atom. The average molecular weight is 466 g/mol. The summed E-state index contributed by atoms with van der Waals surface area (Å²) in [5.41, 5.74) is 16.1. The van der Waals surface area contributed by atoms with Crippen molar-refractivity contribution in [3.63, 3.8) is 0 Å². The van der Waals surface area contributed by atoms with Crippen molar-refractivity contribution in [2.45, 2.75) is 82.0 Å². The average Bonchev–Trinajstić information content (AvgIpc) is 3.24. The first kappa shape index (κ1) is 23.4. The molecular formula is C27H36FN5O. The van der Waals surface area contributed by atoms with Crippen molar-refractivity contribution in [1.82, 2.24) is 21.2 Å². The first-order chi connectivity index (χ1) is 16.4. The highest BCUT2D eigenvalue weighted by Gasteiger charge is 2.43. The molecule has 34 heavy (non-hydrogen) atoms. The molecule has 2 saturated carbocycles. The van der Waals surface area contributed by atoms with Gasteiger partial charge in [-0.3, -0.25) is 15.2 Å². The monoisotopic (exact) mass is 465 g/mol. The number of aryl methyl sites for hydroxylation is 1. The molecule has 0 bridgehead atoms. The minimum Gasteiger partial charge on any atom is -0.353 e. The number of carbonyl (C=O) groups is 1. The summed E-state index contributed by atoms with van der Waals surface area (Å²) in [5, 5.41) is 3.32. The number of aromatic nitrogens is 1. The molecular weight excluding hydrogens is 429 g/mol. The van der Waals surface area contributed by atoms with Gasteiger partial charge in [0, 0.05) is 35.4 Å². The molecule has 1 aliphatic heterocycles. The second kappa shape index (κ2) is 9.72. The van der Waals surface area contributed by atoms with E-state index in [9.17, 15) is 9.18 Å². The zero-order chi connectivity index (χ0) is 23.7. The topological polar surface area (TPSA) is 92.1 Å². The Hall–Kier alpha value is -2.35. The molecule has 1 saturated heterocycles. The molecule has 2 aliphatic carbocycles. The summed E-state index contributed by atoms with van der Waals surface area (Å²) in [6, 6.07) is 11.7. The number of fused-ring (bicyclic) bond motifs is 1. The number of nitrogens with two attached hydrogens (primary N) is 1. The van der Waals surface area contributed by atoms with Gasteiger partial charge in [-0.25, -0.2) is 9.82 Å². The van der Waals surface area contributed by atoms with Crippen molar-refractivity contribution in [2.75, 3.05) is 0 Å². The highest BCUT2D eigenvalue weighted by Crippen LogP contribution is 2.41. The lowest BCUT2D eigenvalue weighted by atomic mass is 9.73. The fourth-order valence-electron chi connectivity index (χ4n) is 6.41. The zero-order valence-corrected chi connectivity index (χ0v) is 19.9. The van der Waals surface area contributed by atoms with Gasteiger partial charge in [0.05, 0.1) is 6.04 Å². The number of rotatable bonds is 5. The van der Waals surface area contributed by atoms with Gasteiger partial charge in [-0.1, -0.05) is 18.2 Å². The molecule has 6 atom stereocenters. The quantitative estimate of drug-likeness (QED) is 0.543. The van der Waals surface area contributed by atoms with Gasteiger partial charge in [0.25, 0.3) is 0 Å². The van der Waals surface area contributed by atoms with Crippen molar-refractivity contribution >= 4 is 5.91 Å². The van der Waals surface area contributed by atoms with Crippen LogP contribution < -0.4 is 21.9 Å². The highest BCUT2D eigenvalue weighted by molar-refractivity contribution is 5.79. The molecule has 0 radical (unpaired) electrons. The summed E-state index contributed by atoms with van der Waals surface area (Å²) in [6.07, 6.45) is 8.51. The van der Waals surface area contributed by atoms with Crippen LogP contribution in [-0.4, -0.2) is 28.5 Å². The number of nitrogens with zero attached hydrogens (tertiary/aromatic N) is 1. The third-order valence-corrected chi connectivity index (χ3v) is 8.13. The molecule has 0 spiro atoms. The van der Waals surface area contributed by atoms with Crippen molar-refractivity contribution in [3.8, 4) is 0 Å².